The summed E-state index contributed by atoms with van der Waals surface area (Å²) in [5.74, 6) is 1.18. The van der Waals surface area contributed by atoms with Gasteiger partial charge < -0.3 is 19.6 Å². The van der Waals surface area contributed by atoms with E-state index >= 15 is 0 Å². The second-order valence-corrected chi connectivity index (χ2v) is 6.35. The van der Waals surface area contributed by atoms with Crippen LogP contribution in [0, 0.1) is 0 Å². The Morgan fingerprint density at radius 3 is 2.76 bits per heavy atom. The minimum atomic E-state index is -1.13. The van der Waals surface area contributed by atoms with Gasteiger partial charge in [-0.25, -0.2) is 4.98 Å². The lowest BCUT2D eigenvalue weighted by Gasteiger charge is -2.22. The maximum Gasteiger partial charge on any atom is 0.256 e. The van der Waals surface area contributed by atoms with Gasteiger partial charge in [0.1, 0.15) is 6.10 Å². The maximum absolute atomic E-state index is 12.5. The first-order valence-electron chi connectivity index (χ1n) is 8.37. The standard InChI is InChI=1S/C19H23N3O3/c1-21(2)18-16(9-6-11-20-18)25-15-10-12-22(13-15)19(24)17(23)14-7-4-3-5-8-14/h3-9,11,15,17,23H,10,12-13H2,1-2H3/t15-,17-/m1/s1. The quantitative estimate of drug-likeness (QED) is 0.899. The third-order valence-corrected chi connectivity index (χ3v) is 4.27. The van der Waals surface area contributed by atoms with Gasteiger partial charge in [-0.2, -0.15) is 0 Å². The Kier molecular flexibility index (Phi) is 5.19. The molecule has 1 fully saturated rings. The number of rotatable bonds is 5. The molecule has 0 spiro atoms. The van der Waals surface area contributed by atoms with E-state index in [0.29, 0.717) is 24.4 Å². The summed E-state index contributed by atoms with van der Waals surface area (Å²) in [5.41, 5.74) is 0.610. The smallest absolute Gasteiger partial charge is 0.256 e. The molecular formula is C19H23N3O3. The number of aliphatic hydroxyl groups excluding tert-OH is 1. The zero-order chi connectivity index (χ0) is 17.8. The van der Waals surface area contributed by atoms with E-state index in [1.807, 2.05) is 49.3 Å². The lowest BCUT2D eigenvalue weighted by Crippen LogP contribution is -2.34. The van der Waals surface area contributed by atoms with Crippen LogP contribution >= 0.6 is 0 Å². The fraction of sp³-hybridized carbons (Fsp3) is 0.368. The number of pyridine rings is 1. The van der Waals surface area contributed by atoms with Crippen LogP contribution < -0.4 is 9.64 Å². The summed E-state index contributed by atoms with van der Waals surface area (Å²) < 4.78 is 6.05. The summed E-state index contributed by atoms with van der Waals surface area (Å²) >= 11 is 0. The molecule has 3 rings (SSSR count). The molecule has 1 N–H and O–H groups in total. The highest BCUT2D eigenvalue weighted by molar-refractivity contribution is 5.82. The van der Waals surface area contributed by atoms with Gasteiger partial charge in [0.25, 0.3) is 5.91 Å². The summed E-state index contributed by atoms with van der Waals surface area (Å²) in [4.78, 5) is 20.4. The van der Waals surface area contributed by atoms with E-state index in [9.17, 15) is 9.90 Å². The molecule has 2 heterocycles. The average Bonchev–Trinajstić information content (AvgIpc) is 3.10. The van der Waals surface area contributed by atoms with Crippen molar-refractivity contribution >= 4 is 11.7 Å². The monoisotopic (exact) mass is 341 g/mol. The number of aromatic nitrogens is 1. The van der Waals surface area contributed by atoms with Gasteiger partial charge in [0.15, 0.2) is 17.7 Å². The van der Waals surface area contributed by atoms with E-state index in [-0.39, 0.29) is 12.0 Å². The van der Waals surface area contributed by atoms with Gasteiger partial charge >= 0.3 is 0 Å². The molecule has 1 amide bonds. The number of hydrogen-bond donors (Lipinski definition) is 1. The number of hydrogen-bond acceptors (Lipinski definition) is 5. The van der Waals surface area contributed by atoms with Crippen molar-refractivity contribution in [2.24, 2.45) is 0 Å². The summed E-state index contributed by atoms with van der Waals surface area (Å²) in [6, 6.07) is 12.7. The van der Waals surface area contributed by atoms with Crippen LogP contribution in [0.4, 0.5) is 5.82 Å². The van der Waals surface area contributed by atoms with Gasteiger partial charge in [0.2, 0.25) is 0 Å². The third-order valence-electron chi connectivity index (χ3n) is 4.27. The Morgan fingerprint density at radius 2 is 2.04 bits per heavy atom. The molecule has 25 heavy (non-hydrogen) atoms. The third kappa shape index (κ3) is 3.91. The molecule has 6 nitrogen and oxygen atoms in total. The van der Waals surface area contributed by atoms with E-state index in [0.717, 1.165) is 12.2 Å². The minimum absolute atomic E-state index is 0.102. The van der Waals surface area contributed by atoms with Crippen molar-refractivity contribution in [1.29, 1.82) is 0 Å². The first kappa shape index (κ1) is 17.2. The van der Waals surface area contributed by atoms with Crippen molar-refractivity contribution in [2.75, 3.05) is 32.1 Å². The molecule has 0 bridgehead atoms. The number of amides is 1. The van der Waals surface area contributed by atoms with Crippen molar-refractivity contribution < 1.29 is 14.6 Å². The summed E-state index contributed by atoms with van der Waals surface area (Å²) in [5, 5.41) is 10.3. The zero-order valence-electron chi connectivity index (χ0n) is 14.5. The highest BCUT2D eigenvalue weighted by Crippen LogP contribution is 2.27. The number of ether oxygens (including phenoxy) is 1. The molecule has 1 aliphatic heterocycles. The molecule has 2 atom stereocenters. The predicted molar refractivity (Wildman–Crippen MR) is 95.6 cm³/mol. The molecule has 1 aromatic heterocycles. The summed E-state index contributed by atoms with van der Waals surface area (Å²) in [7, 11) is 3.83. The van der Waals surface area contributed by atoms with E-state index < -0.39 is 6.10 Å². The average molecular weight is 341 g/mol. The predicted octanol–water partition coefficient (Wildman–Crippen LogP) is 1.86. The number of carbonyl (C=O) groups excluding carboxylic acids is 1. The number of carbonyl (C=O) groups is 1. The van der Waals surface area contributed by atoms with E-state index in [1.165, 1.54) is 0 Å². The second-order valence-electron chi connectivity index (χ2n) is 6.35. The number of likely N-dealkylation sites (tertiary alicyclic amines) is 1. The Morgan fingerprint density at radius 1 is 1.28 bits per heavy atom. The van der Waals surface area contributed by atoms with Crippen molar-refractivity contribution in [3.8, 4) is 5.75 Å². The summed E-state index contributed by atoms with van der Waals surface area (Å²) in [6.07, 6.45) is 1.23. The highest BCUT2D eigenvalue weighted by atomic mass is 16.5. The first-order chi connectivity index (χ1) is 12.1. The Bertz CT molecular complexity index is 721. The molecular weight excluding hydrogens is 318 g/mol. The maximum atomic E-state index is 12.5. The summed E-state index contributed by atoms with van der Waals surface area (Å²) in [6.45, 7) is 1.04. The van der Waals surface area contributed by atoms with Crippen LogP contribution in [-0.4, -0.2) is 54.2 Å². The molecule has 0 saturated carbocycles. The van der Waals surface area contributed by atoms with Crippen LogP contribution in [0.5, 0.6) is 5.75 Å². The van der Waals surface area contributed by atoms with Crippen LogP contribution in [0.15, 0.2) is 48.7 Å². The van der Waals surface area contributed by atoms with Crippen molar-refractivity contribution in [1.82, 2.24) is 9.88 Å². The van der Waals surface area contributed by atoms with Gasteiger partial charge in [0, 0.05) is 33.3 Å². The number of anilines is 1. The van der Waals surface area contributed by atoms with E-state index in [4.69, 9.17) is 4.74 Å². The van der Waals surface area contributed by atoms with Crippen LogP contribution in [0.2, 0.25) is 0 Å². The molecule has 1 saturated heterocycles. The van der Waals surface area contributed by atoms with Crippen molar-refractivity contribution in [3.05, 3.63) is 54.2 Å². The number of aliphatic hydroxyl groups is 1. The second kappa shape index (κ2) is 7.53. The van der Waals surface area contributed by atoms with Gasteiger partial charge in [0.05, 0.1) is 6.54 Å². The van der Waals surface area contributed by atoms with Crippen LogP contribution in [0.25, 0.3) is 0 Å². The zero-order valence-corrected chi connectivity index (χ0v) is 14.5. The normalized spacial score (nSPS) is 18.0. The molecule has 2 aromatic rings. The Balaban J connectivity index is 1.63. The van der Waals surface area contributed by atoms with Crippen LogP contribution in [0.1, 0.15) is 18.1 Å². The molecule has 1 aliphatic rings. The Hall–Kier alpha value is -2.60. The van der Waals surface area contributed by atoms with Gasteiger partial charge in [-0.05, 0) is 17.7 Å². The van der Waals surface area contributed by atoms with Gasteiger partial charge in [-0.1, -0.05) is 30.3 Å². The minimum Gasteiger partial charge on any atom is -0.485 e. The van der Waals surface area contributed by atoms with Gasteiger partial charge in [-0.3, -0.25) is 4.79 Å². The van der Waals surface area contributed by atoms with E-state index in [1.54, 1.807) is 23.2 Å². The van der Waals surface area contributed by atoms with Crippen molar-refractivity contribution in [3.63, 3.8) is 0 Å². The molecule has 6 heteroatoms. The molecule has 0 unspecified atom stereocenters. The van der Waals surface area contributed by atoms with Crippen LogP contribution in [0.3, 0.4) is 0 Å². The lowest BCUT2D eigenvalue weighted by atomic mass is 10.1. The largest absolute Gasteiger partial charge is 0.485 e. The SMILES string of the molecule is CN(C)c1ncccc1O[C@@H]1CCN(C(=O)[C@H](O)c2ccccc2)C1. The molecule has 0 aliphatic carbocycles. The topological polar surface area (TPSA) is 65.9 Å². The molecule has 0 radical (unpaired) electrons. The fourth-order valence-corrected chi connectivity index (χ4v) is 2.97. The number of nitrogens with zero attached hydrogens (tertiary/aromatic N) is 3. The van der Waals surface area contributed by atoms with E-state index in [2.05, 4.69) is 4.98 Å². The van der Waals surface area contributed by atoms with Crippen LogP contribution in [-0.2, 0) is 4.79 Å². The molecule has 132 valence electrons. The van der Waals surface area contributed by atoms with Gasteiger partial charge in [-0.15, -0.1) is 0 Å². The fourth-order valence-electron chi connectivity index (χ4n) is 2.97. The number of benzene rings is 1. The molecule has 1 aromatic carbocycles. The first-order valence-corrected chi connectivity index (χ1v) is 8.37. The van der Waals surface area contributed by atoms with Crippen molar-refractivity contribution in [2.45, 2.75) is 18.6 Å². The Labute approximate surface area is 147 Å². The lowest BCUT2D eigenvalue weighted by molar-refractivity contribution is -0.139. The highest BCUT2D eigenvalue weighted by Gasteiger charge is 2.32.